The number of methoxy groups -OCH3 is 1. The first-order valence-electron chi connectivity index (χ1n) is 10.1. The van der Waals surface area contributed by atoms with Gasteiger partial charge in [0, 0.05) is 42.7 Å². The fourth-order valence-electron chi connectivity index (χ4n) is 3.19. The van der Waals surface area contributed by atoms with Gasteiger partial charge in [-0.3, -0.25) is 4.79 Å². The molecule has 0 aliphatic rings. The van der Waals surface area contributed by atoms with Crippen molar-refractivity contribution >= 4 is 11.6 Å². The fourth-order valence-corrected chi connectivity index (χ4v) is 3.19. The van der Waals surface area contributed by atoms with E-state index in [0.717, 1.165) is 5.69 Å². The summed E-state index contributed by atoms with van der Waals surface area (Å²) in [7, 11) is 3.33. The zero-order valence-corrected chi connectivity index (χ0v) is 18.1. The molecule has 0 aliphatic carbocycles. The Balaban J connectivity index is 1.38. The first-order valence-corrected chi connectivity index (χ1v) is 10.1. The number of aromatic nitrogens is 5. The quantitative estimate of drug-likeness (QED) is 0.428. The van der Waals surface area contributed by atoms with E-state index in [-0.39, 0.29) is 12.5 Å². The number of amides is 1. The highest BCUT2D eigenvalue weighted by atomic mass is 19.1. The summed E-state index contributed by atoms with van der Waals surface area (Å²) in [6.45, 7) is 0.466. The topological polar surface area (TPSA) is 107 Å². The molecule has 0 saturated carbocycles. The van der Waals surface area contributed by atoms with E-state index in [4.69, 9.17) is 4.74 Å². The third kappa shape index (κ3) is 5.12. The van der Waals surface area contributed by atoms with Crippen molar-refractivity contribution < 1.29 is 13.9 Å². The van der Waals surface area contributed by atoms with Gasteiger partial charge >= 0.3 is 0 Å². The molecule has 0 aliphatic heterocycles. The molecule has 9 nitrogen and oxygen atoms in total. The molecule has 4 aromatic rings. The van der Waals surface area contributed by atoms with Crippen LogP contribution in [0.3, 0.4) is 0 Å². The van der Waals surface area contributed by atoms with Crippen LogP contribution in [0.1, 0.15) is 21.7 Å². The zero-order chi connectivity index (χ0) is 23.2. The Kier molecular flexibility index (Phi) is 6.53. The van der Waals surface area contributed by atoms with Crippen LogP contribution in [0, 0.1) is 5.82 Å². The molecule has 2 N–H and O–H groups in total. The van der Waals surface area contributed by atoms with Gasteiger partial charge in [-0.05, 0) is 30.3 Å². The van der Waals surface area contributed by atoms with E-state index < -0.39 is 5.82 Å². The van der Waals surface area contributed by atoms with Crippen LogP contribution in [-0.2, 0) is 20.1 Å². The van der Waals surface area contributed by atoms with Gasteiger partial charge in [0.1, 0.15) is 23.6 Å². The number of ether oxygens (including phenoxy) is 1. The van der Waals surface area contributed by atoms with Gasteiger partial charge in [-0.1, -0.05) is 12.1 Å². The number of nitrogens with one attached hydrogen (secondary N) is 2. The molecule has 0 saturated heterocycles. The Morgan fingerprint density at radius 1 is 1.12 bits per heavy atom. The number of carbonyl (C=O) groups excluding carboxylic acids is 1. The van der Waals surface area contributed by atoms with Gasteiger partial charge in [-0.2, -0.15) is 0 Å². The Hall–Kier alpha value is -4.34. The zero-order valence-electron chi connectivity index (χ0n) is 18.1. The average molecular weight is 447 g/mol. The molecule has 0 atom stereocenters. The smallest absolute Gasteiger partial charge is 0.251 e. The van der Waals surface area contributed by atoms with Crippen molar-refractivity contribution in [2.75, 3.05) is 12.4 Å². The predicted molar refractivity (Wildman–Crippen MR) is 120 cm³/mol. The summed E-state index contributed by atoms with van der Waals surface area (Å²) < 4.78 is 20.9. The Bertz CT molecular complexity index is 1260. The second-order valence-corrected chi connectivity index (χ2v) is 7.17. The minimum Gasteiger partial charge on any atom is -0.497 e. The van der Waals surface area contributed by atoms with Crippen molar-refractivity contribution in [2.45, 2.75) is 13.1 Å². The standard InChI is InChI=1S/C23H22FN7O2/c1-31-21(29-30-22(31)20-8-9-25-14-28-20)13-26-17-5-3-4-15(10-17)23(32)27-12-16-6-7-18(33-2)11-19(16)24/h3-11,14,26H,12-13H2,1-2H3,(H,27,32). The maximum absolute atomic E-state index is 14.1. The first kappa shape index (κ1) is 21.9. The van der Waals surface area contributed by atoms with Crippen LogP contribution < -0.4 is 15.4 Å². The fraction of sp³-hybridized carbons (Fsp3) is 0.174. The number of hydrogen-bond donors (Lipinski definition) is 2. The molecule has 33 heavy (non-hydrogen) atoms. The van der Waals surface area contributed by atoms with Gasteiger partial charge in [-0.15, -0.1) is 10.2 Å². The van der Waals surface area contributed by atoms with E-state index in [1.54, 1.807) is 42.6 Å². The lowest BCUT2D eigenvalue weighted by Crippen LogP contribution is -2.23. The summed E-state index contributed by atoms with van der Waals surface area (Å²) >= 11 is 0. The normalized spacial score (nSPS) is 10.6. The molecule has 1 amide bonds. The molecule has 2 aromatic heterocycles. The third-order valence-corrected chi connectivity index (χ3v) is 5.05. The van der Waals surface area contributed by atoms with Gasteiger partial charge in [0.25, 0.3) is 5.91 Å². The molecule has 0 spiro atoms. The van der Waals surface area contributed by atoms with Crippen molar-refractivity contribution in [1.82, 2.24) is 30.0 Å². The van der Waals surface area contributed by atoms with Crippen LogP contribution in [0.5, 0.6) is 5.75 Å². The van der Waals surface area contributed by atoms with Crippen LogP contribution in [0.4, 0.5) is 10.1 Å². The van der Waals surface area contributed by atoms with Crippen LogP contribution in [-0.4, -0.2) is 37.7 Å². The molecule has 168 valence electrons. The van der Waals surface area contributed by atoms with E-state index in [0.29, 0.717) is 40.8 Å². The van der Waals surface area contributed by atoms with Crippen LogP contribution >= 0.6 is 0 Å². The van der Waals surface area contributed by atoms with Crippen LogP contribution in [0.2, 0.25) is 0 Å². The van der Waals surface area contributed by atoms with Crippen molar-refractivity contribution in [3.05, 3.63) is 83.8 Å². The minimum absolute atomic E-state index is 0.0665. The summed E-state index contributed by atoms with van der Waals surface area (Å²) in [5.41, 5.74) is 2.25. The van der Waals surface area contributed by atoms with Crippen molar-refractivity contribution in [1.29, 1.82) is 0 Å². The largest absolute Gasteiger partial charge is 0.497 e. The summed E-state index contributed by atoms with van der Waals surface area (Å²) in [4.78, 5) is 20.7. The van der Waals surface area contributed by atoms with Crippen molar-refractivity contribution in [3.8, 4) is 17.3 Å². The summed E-state index contributed by atoms with van der Waals surface area (Å²) in [5.74, 6) is 1.02. The highest BCUT2D eigenvalue weighted by Crippen LogP contribution is 2.18. The lowest BCUT2D eigenvalue weighted by molar-refractivity contribution is 0.0950. The number of carbonyl (C=O) groups is 1. The molecule has 10 heteroatoms. The number of benzene rings is 2. The van der Waals surface area contributed by atoms with Gasteiger partial charge in [0.15, 0.2) is 11.6 Å². The molecule has 2 aromatic carbocycles. The summed E-state index contributed by atoms with van der Waals surface area (Å²) in [6, 6.07) is 13.3. The number of rotatable bonds is 8. The molecule has 0 radical (unpaired) electrons. The Morgan fingerprint density at radius 2 is 2.00 bits per heavy atom. The molecule has 4 rings (SSSR count). The Labute approximate surface area is 189 Å². The lowest BCUT2D eigenvalue weighted by Gasteiger charge is -2.10. The maximum atomic E-state index is 14.1. The minimum atomic E-state index is -0.435. The van der Waals surface area contributed by atoms with Gasteiger partial charge in [0.2, 0.25) is 0 Å². The lowest BCUT2D eigenvalue weighted by atomic mass is 10.1. The molecule has 0 bridgehead atoms. The molecule has 0 unspecified atom stereocenters. The number of halogens is 1. The van der Waals surface area contributed by atoms with Crippen molar-refractivity contribution in [2.24, 2.45) is 7.05 Å². The van der Waals surface area contributed by atoms with Gasteiger partial charge < -0.3 is 19.9 Å². The van der Waals surface area contributed by atoms with E-state index in [9.17, 15) is 9.18 Å². The monoisotopic (exact) mass is 447 g/mol. The second kappa shape index (κ2) is 9.86. The average Bonchev–Trinajstić information content (AvgIpc) is 3.22. The highest BCUT2D eigenvalue weighted by Gasteiger charge is 2.12. The van der Waals surface area contributed by atoms with Gasteiger partial charge in [0.05, 0.1) is 13.7 Å². The molecule has 2 heterocycles. The summed E-state index contributed by atoms with van der Waals surface area (Å²) in [6.07, 6.45) is 3.11. The molecular weight excluding hydrogens is 425 g/mol. The van der Waals surface area contributed by atoms with Crippen LogP contribution in [0.15, 0.2) is 61.1 Å². The number of hydrogen-bond acceptors (Lipinski definition) is 7. The maximum Gasteiger partial charge on any atom is 0.251 e. The SMILES string of the molecule is COc1ccc(CNC(=O)c2cccc(NCc3nnc(-c4ccncn4)n3C)c2)c(F)c1. The number of anilines is 1. The van der Waals surface area contributed by atoms with E-state index in [2.05, 4.69) is 30.8 Å². The van der Waals surface area contributed by atoms with E-state index in [1.807, 2.05) is 17.7 Å². The van der Waals surface area contributed by atoms with Crippen molar-refractivity contribution in [3.63, 3.8) is 0 Å². The summed E-state index contributed by atoms with van der Waals surface area (Å²) in [5, 5.41) is 14.4. The molecule has 0 fully saturated rings. The third-order valence-electron chi connectivity index (χ3n) is 5.05. The van der Waals surface area contributed by atoms with E-state index >= 15 is 0 Å². The number of nitrogens with zero attached hydrogens (tertiary/aromatic N) is 5. The Morgan fingerprint density at radius 3 is 2.76 bits per heavy atom. The van der Waals surface area contributed by atoms with Crippen LogP contribution in [0.25, 0.3) is 11.5 Å². The highest BCUT2D eigenvalue weighted by molar-refractivity contribution is 5.95. The van der Waals surface area contributed by atoms with E-state index in [1.165, 1.54) is 19.5 Å². The predicted octanol–water partition coefficient (Wildman–Crippen LogP) is 2.96. The van der Waals surface area contributed by atoms with Gasteiger partial charge in [-0.25, -0.2) is 14.4 Å². The second-order valence-electron chi connectivity index (χ2n) is 7.17. The first-order chi connectivity index (χ1) is 16.0. The molecular formula is C23H22FN7O2.